The number of carboxylic acid groups (broad SMARTS) is 1. The average molecular weight is 497 g/mol. The van der Waals surface area contributed by atoms with Crippen LogP contribution >= 0.6 is 0 Å². The van der Waals surface area contributed by atoms with Crippen molar-refractivity contribution in [1.82, 2.24) is 15.2 Å². The highest BCUT2D eigenvalue weighted by Crippen LogP contribution is 2.20. The molecular weight excluding hydrogens is 455 g/mol. The largest absolute Gasteiger partial charge is 0.480 e. The van der Waals surface area contributed by atoms with Crippen LogP contribution in [0.5, 0.6) is 0 Å². The van der Waals surface area contributed by atoms with Crippen molar-refractivity contribution in [3.8, 4) is 0 Å². The van der Waals surface area contributed by atoms with Gasteiger partial charge in [-0.05, 0) is 77.5 Å². The van der Waals surface area contributed by atoms with Crippen LogP contribution in [0.25, 0.3) is 0 Å². The first-order valence-electron chi connectivity index (χ1n) is 12.4. The van der Waals surface area contributed by atoms with Gasteiger partial charge < -0.3 is 30.1 Å². The number of anilines is 1. The summed E-state index contributed by atoms with van der Waals surface area (Å²) in [5, 5.41) is 15.3. The lowest BCUT2D eigenvalue weighted by atomic mass is 10.1. The maximum absolute atomic E-state index is 13.3. The molecule has 1 unspecified atom stereocenters. The van der Waals surface area contributed by atoms with E-state index in [2.05, 4.69) is 22.8 Å². The van der Waals surface area contributed by atoms with E-state index in [1.807, 2.05) is 4.90 Å². The minimum absolute atomic E-state index is 0.162. The number of unbranched alkanes of at least 4 members (excludes halogenated alkanes) is 1. The molecule has 1 aromatic rings. The SMILES string of the molecule is COC(CF)CN(CCCCc1ccc2c(n1)NCCC2)CC[C@H](NC(=O)OC(C)(C)C)C(=O)O. The zero-order valence-corrected chi connectivity index (χ0v) is 21.4. The van der Waals surface area contributed by atoms with Crippen molar-refractivity contribution in [2.24, 2.45) is 0 Å². The Labute approximate surface area is 207 Å². The Morgan fingerprint density at radius 1 is 1.29 bits per heavy atom. The van der Waals surface area contributed by atoms with Crippen LogP contribution < -0.4 is 10.6 Å². The van der Waals surface area contributed by atoms with E-state index in [9.17, 15) is 19.1 Å². The monoisotopic (exact) mass is 496 g/mol. The topological polar surface area (TPSA) is 113 Å². The molecule has 2 rings (SSSR count). The third kappa shape index (κ3) is 10.8. The molecule has 0 saturated heterocycles. The van der Waals surface area contributed by atoms with Crippen molar-refractivity contribution >= 4 is 17.9 Å². The molecule has 10 heteroatoms. The number of amides is 1. The molecule has 1 aliphatic heterocycles. The summed E-state index contributed by atoms with van der Waals surface area (Å²) in [6.45, 7) is 6.82. The number of carboxylic acids is 1. The zero-order chi connectivity index (χ0) is 25.8. The number of aliphatic carboxylic acids is 1. The highest BCUT2D eigenvalue weighted by Gasteiger charge is 2.25. The first-order chi connectivity index (χ1) is 16.6. The van der Waals surface area contributed by atoms with Gasteiger partial charge in [-0.2, -0.15) is 0 Å². The molecule has 1 aromatic heterocycles. The Balaban J connectivity index is 1.88. The number of aromatic nitrogens is 1. The highest BCUT2D eigenvalue weighted by atomic mass is 19.1. The molecule has 0 saturated carbocycles. The summed E-state index contributed by atoms with van der Waals surface area (Å²) in [6, 6.07) is 3.11. The minimum atomic E-state index is -1.14. The van der Waals surface area contributed by atoms with Gasteiger partial charge in [-0.15, -0.1) is 0 Å². The number of rotatable bonds is 14. The van der Waals surface area contributed by atoms with Crippen LogP contribution in [0.15, 0.2) is 12.1 Å². The Morgan fingerprint density at radius 2 is 2.06 bits per heavy atom. The first kappa shape index (κ1) is 28.8. The van der Waals surface area contributed by atoms with Gasteiger partial charge in [0, 0.05) is 32.4 Å². The van der Waals surface area contributed by atoms with E-state index in [0.717, 1.165) is 50.2 Å². The average Bonchev–Trinajstić information content (AvgIpc) is 2.80. The number of ether oxygens (including phenoxy) is 2. The van der Waals surface area contributed by atoms with Gasteiger partial charge in [-0.1, -0.05) is 6.07 Å². The number of alkyl carbamates (subject to hydrolysis) is 1. The molecule has 0 bridgehead atoms. The number of carbonyl (C=O) groups is 2. The van der Waals surface area contributed by atoms with Gasteiger partial charge in [-0.3, -0.25) is 0 Å². The van der Waals surface area contributed by atoms with Crippen molar-refractivity contribution in [2.75, 3.05) is 45.3 Å². The van der Waals surface area contributed by atoms with Crippen molar-refractivity contribution in [2.45, 2.75) is 77.0 Å². The second-order valence-corrected chi connectivity index (χ2v) is 9.94. The number of halogens is 1. The molecule has 2 heterocycles. The Bertz CT molecular complexity index is 814. The van der Waals surface area contributed by atoms with Crippen molar-refractivity contribution < 1.29 is 28.6 Å². The molecule has 0 fully saturated rings. The fourth-order valence-electron chi connectivity index (χ4n) is 3.94. The minimum Gasteiger partial charge on any atom is -0.480 e. The number of carbonyl (C=O) groups excluding carboxylic acids is 1. The Hall–Kier alpha value is -2.46. The van der Waals surface area contributed by atoms with Crippen LogP contribution in [0, 0.1) is 0 Å². The van der Waals surface area contributed by atoms with E-state index in [1.165, 1.54) is 12.7 Å². The molecule has 9 nitrogen and oxygen atoms in total. The highest BCUT2D eigenvalue weighted by molar-refractivity contribution is 5.80. The number of nitrogens with one attached hydrogen (secondary N) is 2. The number of aryl methyl sites for hydroxylation is 2. The lowest BCUT2D eigenvalue weighted by molar-refractivity contribution is -0.139. The van der Waals surface area contributed by atoms with E-state index in [-0.39, 0.29) is 6.42 Å². The van der Waals surface area contributed by atoms with Gasteiger partial charge in [0.15, 0.2) is 0 Å². The summed E-state index contributed by atoms with van der Waals surface area (Å²) >= 11 is 0. The molecule has 0 aromatic carbocycles. The molecule has 0 spiro atoms. The summed E-state index contributed by atoms with van der Waals surface area (Å²) in [5.41, 5.74) is 1.57. The summed E-state index contributed by atoms with van der Waals surface area (Å²) in [7, 11) is 1.46. The van der Waals surface area contributed by atoms with Crippen LogP contribution in [0.3, 0.4) is 0 Å². The third-order valence-electron chi connectivity index (χ3n) is 5.80. The normalized spacial score (nSPS) is 15.1. The van der Waals surface area contributed by atoms with Gasteiger partial charge in [0.2, 0.25) is 0 Å². The number of alkyl halides is 1. The maximum atomic E-state index is 13.3. The second-order valence-electron chi connectivity index (χ2n) is 9.94. The van der Waals surface area contributed by atoms with Gasteiger partial charge in [0.1, 0.15) is 24.1 Å². The van der Waals surface area contributed by atoms with Crippen LogP contribution in [-0.4, -0.2) is 84.8 Å². The summed E-state index contributed by atoms with van der Waals surface area (Å²) < 4.78 is 23.7. The predicted octanol–water partition coefficient (Wildman–Crippen LogP) is 3.42. The van der Waals surface area contributed by atoms with Crippen LogP contribution in [0.1, 0.15) is 57.7 Å². The standard InChI is InChI=1S/C25H41FN4O5/c1-25(2,3)35-24(33)29-21(23(31)32)12-15-30(17-20(16-26)34-4)14-6-5-9-19-11-10-18-8-7-13-27-22(18)28-19/h10-11,20-21H,5-9,12-17H2,1-4H3,(H,27,28)(H,29,33)(H,31,32)/t20?,21-/m0/s1. The number of hydrogen-bond acceptors (Lipinski definition) is 7. The second kappa shape index (κ2) is 14.2. The van der Waals surface area contributed by atoms with E-state index in [1.54, 1.807) is 20.8 Å². The lowest BCUT2D eigenvalue weighted by Gasteiger charge is -2.27. The van der Waals surface area contributed by atoms with Crippen LogP contribution in [0.2, 0.25) is 0 Å². The van der Waals surface area contributed by atoms with E-state index in [0.29, 0.717) is 19.6 Å². The van der Waals surface area contributed by atoms with Gasteiger partial charge in [0.05, 0.1) is 6.10 Å². The molecule has 35 heavy (non-hydrogen) atoms. The number of hydrogen-bond donors (Lipinski definition) is 3. The van der Waals surface area contributed by atoms with E-state index >= 15 is 0 Å². The fraction of sp³-hybridized carbons (Fsp3) is 0.720. The molecule has 198 valence electrons. The van der Waals surface area contributed by atoms with E-state index < -0.39 is 36.5 Å². The summed E-state index contributed by atoms with van der Waals surface area (Å²) in [6.07, 6.45) is 3.54. The maximum Gasteiger partial charge on any atom is 0.408 e. The molecule has 3 N–H and O–H groups in total. The Kier molecular flexibility index (Phi) is 11.7. The molecular formula is C25H41FN4O5. The van der Waals surface area contributed by atoms with Crippen molar-refractivity contribution in [3.05, 3.63) is 23.4 Å². The smallest absolute Gasteiger partial charge is 0.408 e. The summed E-state index contributed by atoms with van der Waals surface area (Å²) in [4.78, 5) is 30.4. The quantitative estimate of drug-likeness (QED) is 0.336. The molecule has 1 amide bonds. The third-order valence-corrected chi connectivity index (χ3v) is 5.80. The van der Waals surface area contributed by atoms with Crippen molar-refractivity contribution in [1.29, 1.82) is 0 Å². The zero-order valence-electron chi connectivity index (χ0n) is 21.4. The molecule has 0 radical (unpaired) electrons. The number of pyridine rings is 1. The lowest BCUT2D eigenvalue weighted by Crippen LogP contribution is -2.46. The fourth-order valence-corrected chi connectivity index (χ4v) is 3.94. The predicted molar refractivity (Wildman–Crippen MR) is 133 cm³/mol. The van der Waals surface area contributed by atoms with Gasteiger partial charge >= 0.3 is 12.1 Å². The van der Waals surface area contributed by atoms with Gasteiger partial charge in [0.25, 0.3) is 0 Å². The molecule has 1 aliphatic rings. The Morgan fingerprint density at radius 3 is 2.71 bits per heavy atom. The van der Waals surface area contributed by atoms with E-state index in [4.69, 9.17) is 14.5 Å². The number of nitrogens with zero attached hydrogens (tertiary/aromatic N) is 2. The van der Waals surface area contributed by atoms with Crippen LogP contribution in [0.4, 0.5) is 15.0 Å². The molecule has 2 atom stereocenters. The number of methoxy groups -OCH3 is 1. The molecule has 0 aliphatic carbocycles. The first-order valence-corrected chi connectivity index (χ1v) is 12.4. The summed E-state index contributed by atoms with van der Waals surface area (Å²) in [5.74, 6) is -0.157. The van der Waals surface area contributed by atoms with Crippen molar-refractivity contribution in [3.63, 3.8) is 0 Å². The number of fused-ring (bicyclic) bond motifs is 1. The van der Waals surface area contributed by atoms with Crippen LogP contribution in [-0.2, 0) is 27.1 Å². The van der Waals surface area contributed by atoms with Gasteiger partial charge in [-0.25, -0.2) is 19.0 Å².